The first-order valence-electron chi connectivity index (χ1n) is 5.12. The molecule has 82 valence electrons. The Labute approximate surface area is 85.2 Å². The van der Waals surface area contributed by atoms with Crippen LogP contribution in [0.4, 0.5) is 4.79 Å². The molecule has 0 spiro atoms. The summed E-state index contributed by atoms with van der Waals surface area (Å²) in [6.07, 6.45) is 1.79. The highest BCUT2D eigenvalue weighted by atomic mass is 16.6. The summed E-state index contributed by atoms with van der Waals surface area (Å²) < 4.78 is 5.15. The van der Waals surface area contributed by atoms with Gasteiger partial charge in [-0.05, 0) is 46.1 Å². The number of ether oxygens (including phenoxy) is 1. The molecule has 1 saturated carbocycles. The maximum Gasteiger partial charge on any atom is 0.407 e. The average Bonchev–Trinajstić information content (AvgIpc) is 1.96. The van der Waals surface area contributed by atoms with Gasteiger partial charge in [-0.15, -0.1) is 0 Å². The number of carbonyl (C=O) groups excluding carboxylic acids is 1. The fourth-order valence-corrected chi connectivity index (χ4v) is 1.50. The van der Waals surface area contributed by atoms with Crippen LogP contribution in [0.5, 0.6) is 0 Å². The van der Waals surface area contributed by atoms with Gasteiger partial charge in [-0.2, -0.15) is 0 Å². The molecule has 2 unspecified atom stereocenters. The van der Waals surface area contributed by atoms with E-state index in [9.17, 15) is 4.79 Å². The van der Waals surface area contributed by atoms with E-state index in [1.165, 1.54) is 0 Å². The topological polar surface area (TPSA) is 64.3 Å². The van der Waals surface area contributed by atoms with Gasteiger partial charge in [0.1, 0.15) is 5.60 Å². The maximum atomic E-state index is 11.3. The van der Waals surface area contributed by atoms with Crippen LogP contribution >= 0.6 is 0 Å². The van der Waals surface area contributed by atoms with Crippen LogP contribution in [-0.2, 0) is 4.74 Å². The van der Waals surface area contributed by atoms with E-state index in [1.54, 1.807) is 0 Å². The van der Waals surface area contributed by atoms with E-state index >= 15 is 0 Å². The number of hydrogen-bond donors (Lipinski definition) is 2. The molecule has 4 heteroatoms. The first kappa shape index (κ1) is 11.3. The normalized spacial score (nSPS) is 26.6. The zero-order chi connectivity index (χ0) is 10.8. The lowest BCUT2D eigenvalue weighted by Gasteiger charge is -2.36. The number of amides is 1. The highest BCUT2D eigenvalue weighted by molar-refractivity contribution is 5.68. The van der Waals surface area contributed by atoms with E-state index in [2.05, 4.69) is 5.32 Å². The van der Waals surface area contributed by atoms with Gasteiger partial charge < -0.3 is 15.8 Å². The molecular formula is C10H20N2O2. The fourth-order valence-electron chi connectivity index (χ4n) is 1.50. The van der Waals surface area contributed by atoms with Gasteiger partial charge in [0.05, 0.1) is 0 Å². The smallest absolute Gasteiger partial charge is 0.407 e. The highest BCUT2D eigenvalue weighted by Gasteiger charge is 2.31. The van der Waals surface area contributed by atoms with Crippen molar-refractivity contribution in [3.05, 3.63) is 0 Å². The van der Waals surface area contributed by atoms with Gasteiger partial charge in [-0.3, -0.25) is 0 Å². The summed E-state index contributed by atoms with van der Waals surface area (Å²) in [5, 5.41) is 2.83. The minimum atomic E-state index is -0.425. The van der Waals surface area contributed by atoms with E-state index in [-0.39, 0.29) is 12.1 Å². The molecule has 0 saturated heterocycles. The molecule has 2 atom stereocenters. The van der Waals surface area contributed by atoms with E-state index in [0.29, 0.717) is 12.5 Å². The molecule has 0 aromatic heterocycles. The van der Waals surface area contributed by atoms with Gasteiger partial charge in [0.15, 0.2) is 0 Å². The van der Waals surface area contributed by atoms with Crippen molar-refractivity contribution in [1.82, 2.24) is 5.32 Å². The first-order chi connectivity index (χ1) is 6.42. The number of carbonyl (C=O) groups is 1. The van der Waals surface area contributed by atoms with Crippen molar-refractivity contribution in [3.8, 4) is 0 Å². The second-order valence-electron chi connectivity index (χ2n) is 4.83. The number of hydrogen-bond acceptors (Lipinski definition) is 3. The zero-order valence-electron chi connectivity index (χ0n) is 9.17. The lowest BCUT2D eigenvalue weighted by atomic mass is 9.80. The van der Waals surface area contributed by atoms with Gasteiger partial charge in [-0.1, -0.05) is 0 Å². The third-order valence-electron chi connectivity index (χ3n) is 2.42. The predicted molar refractivity (Wildman–Crippen MR) is 54.9 cm³/mol. The molecule has 14 heavy (non-hydrogen) atoms. The molecule has 1 rings (SSSR count). The largest absolute Gasteiger partial charge is 0.444 e. The summed E-state index contributed by atoms with van der Waals surface area (Å²) in [5.41, 5.74) is 5.11. The van der Waals surface area contributed by atoms with Crippen molar-refractivity contribution < 1.29 is 9.53 Å². The Kier molecular flexibility index (Phi) is 3.37. The fraction of sp³-hybridized carbons (Fsp3) is 0.900. The van der Waals surface area contributed by atoms with E-state index in [4.69, 9.17) is 10.5 Å². The Morgan fingerprint density at radius 3 is 2.50 bits per heavy atom. The molecule has 1 fully saturated rings. The van der Waals surface area contributed by atoms with Crippen LogP contribution in [0.15, 0.2) is 0 Å². The highest BCUT2D eigenvalue weighted by Crippen LogP contribution is 2.26. The lowest BCUT2D eigenvalue weighted by Crippen LogP contribution is -2.50. The lowest BCUT2D eigenvalue weighted by molar-refractivity contribution is 0.0441. The molecule has 0 aliphatic heterocycles. The average molecular weight is 200 g/mol. The number of nitrogens with two attached hydrogens (primary N) is 1. The maximum absolute atomic E-state index is 11.3. The molecular weight excluding hydrogens is 180 g/mol. The Bertz CT molecular complexity index is 209. The third-order valence-corrected chi connectivity index (χ3v) is 2.42. The van der Waals surface area contributed by atoms with E-state index in [0.717, 1.165) is 12.8 Å². The number of alkyl carbamates (subject to hydrolysis) is 1. The van der Waals surface area contributed by atoms with Gasteiger partial charge in [0.25, 0.3) is 0 Å². The van der Waals surface area contributed by atoms with Crippen LogP contribution in [0.1, 0.15) is 33.6 Å². The van der Waals surface area contributed by atoms with Crippen molar-refractivity contribution in [2.24, 2.45) is 11.7 Å². The van der Waals surface area contributed by atoms with Crippen molar-refractivity contribution in [2.75, 3.05) is 6.54 Å². The number of nitrogens with one attached hydrogen (secondary N) is 1. The molecule has 4 nitrogen and oxygen atoms in total. The van der Waals surface area contributed by atoms with Crippen molar-refractivity contribution >= 4 is 6.09 Å². The summed E-state index contributed by atoms with van der Waals surface area (Å²) in [5.74, 6) is 0.433. The second-order valence-corrected chi connectivity index (χ2v) is 4.83. The molecule has 0 heterocycles. The molecule has 3 N–H and O–H groups in total. The molecule has 1 aliphatic rings. The molecule has 1 aliphatic carbocycles. The van der Waals surface area contributed by atoms with Crippen LogP contribution in [0.25, 0.3) is 0 Å². The minimum Gasteiger partial charge on any atom is -0.444 e. The van der Waals surface area contributed by atoms with Gasteiger partial charge in [0.2, 0.25) is 0 Å². The van der Waals surface area contributed by atoms with Crippen LogP contribution in [0, 0.1) is 5.92 Å². The van der Waals surface area contributed by atoms with Crippen molar-refractivity contribution in [3.63, 3.8) is 0 Å². The molecule has 0 aromatic carbocycles. The van der Waals surface area contributed by atoms with Gasteiger partial charge in [0, 0.05) is 6.04 Å². The summed E-state index contributed by atoms with van der Waals surface area (Å²) in [7, 11) is 0. The zero-order valence-corrected chi connectivity index (χ0v) is 9.17. The second kappa shape index (κ2) is 4.17. The Morgan fingerprint density at radius 2 is 2.14 bits per heavy atom. The van der Waals surface area contributed by atoms with Crippen LogP contribution in [0.3, 0.4) is 0 Å². The summed E-state index contributed by atoms with van der Waals surface area (Å²) in [6, 6.07) is 0.217. The van der Waals surface area contributed by atoms with Crippen molar-refractivity contribution in [2.45, 2.75) is 45.3 Å². The van der Waals surface area contributed by atoms with Crippen LogP contribution in [-0.4, -0.2) is 24.3 Å². The summed E-state index contributed by atoms with van der Waals surface area (Å²) in [4.78, 5) is 11.3. The van der Waals surface area contributed by atoms with E-state index in [1.807, 2.05) is 20.8 Å². The SMILES string of the molecule is CC(C)(C)OC(=O)NC1CCC1CN. The summed E-state index contributed by atoms with van der Waals surface area (Å²) >= 11 is 0. The first-order valence-corrected chi connectivity index (χ1v) is 5.12. The van der Waals surface area contributed by atoms with Gasteiger partial charge in [-0.25, -0.2) is 4.79 Å². The van der Waals surface area contributed by atoms with E-state index < -0.39 is 5.60 Å². The Morgan fingerprint density at radius 1 is 1.50 bits per heavy atom. The Hall–Kier alpha value is -0.770. The molecule has 0 radical (unpaired) electrons. The van der Waals surface area contributed by atoms with Gasteiger partial charge >= 0.3 is 6.09 Å². The van der Waals surface area contributed by atoms with Crippen LogP contribution < -0.4 is 11.1 Å². The molecule has 1 amide bonds. The molecule has 0 aromatic rings. The standard InChI is InChI=1S/C10H20N2O2/c1-10(2,3)14-9(13)12-8-5-4-7(8)6-11/h7-8H,4-6,11H2,1-3H3,(H,12,13). The third kappa shape index (κ3) is 3.18. The predicted octanol–water partition coefficient (Wildman–Crippen LogP) is 1.25. The molecule has 0 bridgehead atoms. The quantitative estimate of drug-likeness (QED) is 0.705. The minimum absolute atomic E-state index is 0.217. The number of rotatable bonds is 2. The monoisotopic (exact) mass is 200 g/mol. The van der Waals surface area contributed by atoms with Crippen molar-refractivity contribution in [1.29, 1.82) is 0 Å². The summed E-state index contributed by atoms with van der Waals surface area (Å²) in [6.45, 7) is 6.20. The van der Waals surface area contributed by atoms with Crippen LogP contribution in [0.2, 0.25) is 0 Å². The Balaban J connectivity index is 2.27.